The van der Waals surface area contributed by atoms with Gasteiger partial charge in [-0.2, -0.15) is 0 Å². The number of ether oxygens (including phenoxy) is 1. The van der Waals surface area contributed by atoms with Gasteiger partial charge in [0.15, 0.2) is 0 Å². The quantitative estimate of drug-likeness (QED) is 0.920. The van der Waals surface area contributed by atoms with Crippen LogP contribution in [0.15, 0.2) is 18.2 Å². The van der Waals surface area contributed by atoms with Crippen LogP contribution < -0.4 is 4.74 Å². The molecule has 0 spiro atoms. The summed E-state index contributed by atoms with van der Waals surface area (Å²) in [6.07, 6.45) is 2.32. The Morgan fingerprint density at radius 3 is 2.95 bits per heavy atom. The van der Waals surface area contributed by atoms with Crippen LogP contribution in [-0.2, 0) is 0 Å². The molecule has 0 radical (unpaired) electrons. The second kappa shape index (κ2) is 5.43. The number of aromatic nitrogens is 1. The number of benzene rings is 1. The predicted octanol–water partition coefficient (Wildman–Crippen LogP) is 3.36. The molecule has 4 nitrogen and oxygen atoms in total. The lowest BCUT2D eigenvalue weighted by molar-refractivity contribution is 0.0684. The van der Waals surface area contributed by atoms with Crippen LogP contribution in [0.2, 0.25) is 0 Å². The van der Waals surface area contributed by atoms with Crippen LogP contribution in [0.1, 0.15) is 35.8 Å². The van der Waals surface area contributed by atoms with Gasteiger partial charge in [0, 0.05) is 30.2 Å². The Labute approximate surface area is 125 Å². The first kappa shape index (κ1) is 14.0. The van der Waals surface area contributed by atoms with Crippen molar-refractivity contribution < 1.29 is 9.53 Å². The van der Waals surface area contributed by atoms with Gasteiger partial charge in [-0.25, -0.2) is 0 Å². The molecule has 0 saturated carbocycles. The maximum atomic E-state index is 12.9. The Kier molecular flexibility index (Phi) is 3.62. The van der Waals surface area contributed by atoms with Crippen LogP contribution in [0, 0.1) is 12.8 Å². The van der Waals surface area contributed by atoms with E-state index in [2.05, 4.69) is 11.9 Å². The largest absolute Gasteiger partial charge is 0.497 e. The molecule has 3 rings (SSSR count). The number of aryl methyl sites for hydroxylation is 1. The molecule has 0 bridgehead atoms. The number of aromatic amines is 1. The number of fused-ring (bicyclic) bond motifs is 1. The topological polar surface area (TPSA) is 45.3 Å². The number of rotatable bonds is 2. The Balaban J connectivity index is 1.99. The van der Waals surface area contributed by atoms with Crippen molar-refractivity contribution in [1.82, 2.24) is 9.88 Å². The third-order valence-corrected chi connectivity index (χ3v) is 4.35. The number of nitrogens with one attached hydrogen (secondary N) is 1. The molecule has 1 fully saturated rings. The highest BCUT2D eigenvalue weighted by molar-refractivity contribution is 6.08. The zero-order valence-corrected chi connectivity index (χ0v) is 12.9. The van der Waals surface area contributed by atoms with Gasteiger partial charge in [0.2, 0.25) is 0 Å². The van der Waals surface area contributed by atoms with Crippen molar-refractivity contribution in [2.24, 2.45) is 5.92 Å². The molecule has 1 aliphatic rings. The fourth-order valence-corrected chi connectivity index (χ4v) is 3.25. The van der Waals surface area contributed by atoms with Gasteiger partial charge in [-0.3, -0.25) is 4.79 Å². The molecule has 1 aliphatic heterocycles. The third kappa shape index (κ3) is 2.50. The van der Waals surface area contributed by atoms with Crippen molar-refractivity contribution in [3.05, 3.63) is 29.5 Å². The molecule has 1 unspecified atom stereocenters. The number of carbonyl (C=O) groups is 1. The number of hydrogen-bond acceptors (Lipinski definition) is 2. The van der Waals surface area contributed by atoms with Gasteiger partial charge in [-0.15, -0.1) is 0 Å². The fourth-order valence-electron chi connectivity index (χ4n) is 3.25. The number of H-pyrrole nitrogens is 1. The fraction of sp³-hybridized carbons (Fsp3) is 0.471. The normalized spacial score (nSPS) is 19.0. The van der Waals surface area contributed by atoms with Gasteiger partial charge in [0.25, 0.3) is 5.91 Å². The van der Waals surface area contributed by atoms with Crippen LogP contribution >= 0.6 is 0 Å². The standard InChI is InChI=1S/C17H22N2O2/c1-11-5-4-8-19(10-11)17(20)16-12(2)18-15-9-13(21-3)6-7-14(15)16/h6-7,9,11,18H,4-5,8,10H2,1-3H3. The molecule has 112 valence electrons. The second-order valence-electron chi connectivity index (χ2n) is 6.04. The van der Waals surface area contributed by atoms with Crippen molar-refractivity contribution in [3.63, 3.8) is 0 Å². The third-order valence-electron chi connectivity index (χ3n) is 4.35. The summed E-state index contributed by atoms with van der Waals surface area (Å²) < 4.78 is 5.25. The van der Waals surface area contributed by atoms with E-state index < -0.39 is 0 Å². The summed E-state index contributed by atoms with van der Waals surface area (Å²) in [4.78, 5) is 18.2. The molecule has 2 heterocycles. The summed E-state index contributed by atoms with van der Waals surface area (Å²) in [6, 6.07) is 5.82. The number of piperidine rings is 1. The van der Waals surface area contributed by atoms with Crippen LogP contribution in [0.4, 0.5) is 0 Å². The van der Waals surface area contributed by atoms with E-state index in [-0.39, 0.29) is 5.91 Å². The molecule has 1 atom stereocenters. The van der Waals surface area contributed by atoms with E-state index in [4.69, 9.17) is 4.74 Å². The van der Waals surface area contributed by atoms with E-state index in [0.29, 0.717) is 5.92 Å². The van der Waals surface area contributed by atoms with E-state index in [9.17, 15) is 4.79 Å². The van der Waals surface area contributed by atoms with Crippen LogP contribution in [0.3, 0.4) is 0 Å². The molecular formula is C17H22N2O2. The lowest BCUT2D eigenvalue weighted by atomic mass is 9.99. The first-order valence-corrected chi connectivity index (χ1v) is 7.55. The number of nitrogens with zero attached hydrogens (tertiary/aromatic N) is 1. The van der Waals surface area contributed by atoms with Crippen molar-refractivity contribution in [1.29, 1.82) is 0 Å². The zero-order chi connectivity index (χ0) is 15.0. The molecule has 1 saturated heterocycles. The number of carbonyl (C=O) groups excluding carboxylic acids is 1. The SMILES string of the molecule is COc1ccc2c(C(=O)N3CCCC(C)C3)c(C)[nH]c2c1. The van der Waals surface area contributed by atoms with E-state index in [1.807, 2.05) is 30.0 Å². The van der Waals surface area contributed by atoms with Crippen LogP contribution in [0.25, 0.3) is 10.9 Å². The highest BCUT2D eigenvalue weighted by Crippen LogP contribution is 2.28. The summed E-state index contributed by atoms with van der Waals surface area (Å²) >= 11 is 0. The molecule has 4 heteroatoms. The average molecular weight is 286 g/mol. The van der Waals surface area contributed by atoms with Crippen molar-refractivity contribution in [2.75, 3.05) is 20.2 Å². The minimum absolute atomic E-state index is 0.149. The summed E-state index contributed by atoms with van der Waals surface area (Å²) in [5.74, 6) is 1.54. The van der Waals surface area contributed by atoms with Crippen LogP contribution in [0.5, 0.6) is 5.75 Å². The number of methoxy groups -OCH3 is 1. The summed E-state index contributed by atoms with van der Waals surface area (Å²) in [5, 5.41) is 0.983. The molecule has 21 heavy (non-hydrogen) atoms. The van der Waals surface area contributed by atoms with Gasteiger partial charge in [-0.1, -0.05) is 6.92 Å². The molecule has 0 aliphatic carbocycles. The highest BCUT2D eigenvalue weighted by atomic mass is 16.5. The summed E-state index contributed by atoms with van der Waals surface area (Å²) in [5.41, 5.74) is 2.70. The monoisotopic (exact) mass is 286 g/mol. The molecule has 1 aromatic heterocycles. The van der Waals surface area contributed by atoms with E-state index in [1.165, 1.54) is 6.42 Å². The maximum Gasteiger partial charge on any atom is 0.256 e. The minimum atomic E-state index is 0.149. The average Bonchev–Trinajstić information content (AvgIpc) is 2.81. The van der Waals surface area contributed by atoms with Crippen LogP contribution in [-0.4, -0.2) is 36.0 Å². The molecule has 1 aromatic carbocycles. The Hall–Kier alpha value is -1.97. The zero-order valence-electron chi connectivity index (χ0n) is 12.9. The summed E-state index contributed by atoms with van der Waals surface area (Å²) in [7, 11) is 1.65. The van der Waals surface area contributed by atoms with Crippen molar-refractivity contribution >= 4 is 16.8 Å². The maximum absolute atomic E-state index is 12.9. The van der Waals surface area contributed by atoms with Gasteiger partial charge < -0.3 is 14.6 Å². The van der Waals surface area contributed by atoms with Crippen molar-refractivity contribution in [3.8, 4) is 5.75 Å². The molecule has 1 amide bonds. The van der Waals surface area contributed by atoms with Gasteiger partial charge in [0.1, 0.15) is 5.75 Å². The Bertz CT molecular complexity index is 675. The molecule has 2 aromatic rings. The first-order chi connectivity index (χ1) is 10.1. The predicted molar refractivity (Wildman–Crippen MR) is 83.9 cm³/mol. The summed E-state index contributed by atoms with van der Waals surface area (Å²) in [6.45, 7) is 5.91. The van der Waals surface area contributed by atoms with E-state index in [1.54, 1.807) is 7.11 Å². The minimum Gasteiger partial charge on any atom is -0.497 e. The molecular weight excluding hydrogens is 264 g/mol. The lowest BCUT2D eigenvalue weighted by Crippen LogP contribution is -2.39. The van der Waals surface area contributed by atoms with Gasteiger partial charge in [-0.05, 0) is 37.8 Å². The molecule has 1 N–H and O–H groups in total. The smallest absolute Gasteiger partial charge is 0.256 e. The number of hydrogen-bond donors (Lipinski definition) is 1. The van der Waals surface area contributed by atoms with E-state index in [0.717, 1.165) is 47.4 Å². The highest BCUT2D eigenvalue weighted by Gasteiger charge is 2.25. The van der Waals surface area contributed by atoms with Gasteiger partial charge in [0.05, 0.1) is 18.2 Å². The lowest BCUT2D eigenvalue weighted by Gasteiger charge is -2.31. The number of likely N-dealkylation sites (tertiary alicyclic amines) is 1. The van der Waals surface area contributed by atoms with E-state index >= 15 is 0 Å². The van der Waals surface area contributed by atoms with Gasteiger partial charge >= 0.3 is 0 Å². The Morgan fingerprint density at radius 2 is 2.24 bits per heavy atom. The van der Waals surface area contributed by atoms with Crippen molar-refractivity contribution in [2.45, 2.75) is 26.7 Å². The first-order valence-electron chi connectivity index (χ1n) is 7.55. The Morgan fingerprint density at radius 1 is 1.43 bits per heavy atom. The number of amides is 1. The second-order valence-corrected chi connectivity index (χ2v) is 6.04.